The normalized spacial score (nSPS) is 13.4. The third-order valence-corrected chi connectivity index (χ3v) is 4.64. The van der Waals surface area contributed by atoms with Crippen LogP contribution in [0.1, 0.15) is 37.0 Å². The summed E-state index contributed by atoms with van der Waals surface area (Å²) in [6, 6.07) is 7.96. The number of aromatic nitrogens is 3. The van der Waals surface area contributed by atoms with Gasteiger partial charge in [-0.1, -0.05) is 12.1 Å². The lowest BCUT2D eigenvalue weighted by Crippen LogP contribution is -2.38. The predicted molar refractivity (Wildman–Crippen MR) is 108 cm³/mol. The highest BCUT2D eigenvalue weighted by Gasteiger charge is 2.17. The van der Waals surface area contributed by atoms with E-state index in [-0.39, 0.29) is 0 Å². The second kappa shape index (κ2) is 10.7. The van der Waals surface area contributed by atoms with Crippen LogP contribution in [-0.4, -0.2) is 47.6 Å². The Hall–Kier alpha value is -2.61. The van der Waals surface area contributed by atoms with Crippen LogP contribution in [0.4, 0.5) is 0 Å². The maximum Gasteiger partial charge on any atom is 0.191 e. The highest BCUT2D eigenvalue weighted by molar-refractivity contribution is 5.79. The SMILES string of the molecule is CCOCCCNC(=NCc1ccc(OC)cc1)NCc1nnc2n1CCC2. The second-order valence-electron chi connectivity index (χ2n) is 6.63. The molecule has 1 aliphatic heterocycles. The Labute approximate surface area is 166 Å². The molecule has 0 radical (unpaired) electrons. The quantitative estimate of drug-likeness (QED) is 0.368. The van der Waals surface area contributed by atoms with Gasteiger partial charge in [-0.2, -0.15) is 0 Å². The Bertz CT molecular complexity index is 757. The van der Waals surface area contributed by atoms with Gasteiger partial charge in [0.1, 0.15) is 11.6 Å². The number of benzene rings is 1. The Morgan fingerprint density at radius 3 is 2.86 bits per heavy atom. The van der Waals surface area contributed by atoms with Crippen molar-refractivity contribution in [3.05, 3.63) is 41.5 Å². The first-order valence-corrected chi connectivity index (χ1v) is 9.94. The number of rotatable bonds is 10. The van der Waals surface area contributed by atoms with Crippen molar-refractivity contribution in [2.45, 2.75) is 45.8 Å². The number of nitrogens with one attached hydrogen (secondary N) is 2. The molecule has 8 nitrogen and oxygen atoms in total. The number of hydrogen-bond donors (Lipinski definition) is 2. The van der Waals surface area contributed by atoms with Gasteiger partial charge in [0.25, 0.3) is 0 Å². The van der Waals surface area contributed by atoms with Crippen molar-refractivity contribution in [3.63, 3.8) is 0 Å². The van der Waals surface area contributed by atoms with Crippen LogP contribution in [0.5, 0.6) is 5.75 Å². The summed E-state index contributed by atoms with van der Waals surface area (Å²) in [6.07, 6.45) is 3.09. The molecule has 0 aliphatic carbocycles. The summed E-state index contributed by atoms with van der Waals surface area (Å²) in [5.74, 6) is 3.66. The largest absolute Gasteiger partial charge is 0.497 e. The van der Waals surface area contributed by atoms with Gasteiger partial charge in [0.15, 0.2) is 11.8 Å². The molecule has 2 N–H and O–H groups in total. The fraction of sp³-hybridized carbons (Fsp3) is 0.550. The molecular formula is C20H30N6O2. The highest BCUT2D eigenvalue weighted by Crippen LogP contribution is 2.14. The maximum atomic E-state index is 5.40. The lowest BCUT2D eigenvalue weighted by atomic mass is 10.2. The Morgan fingerprint density at radius 2 is 2.07 bits per heavy atom. The number of methoxy groups -OCH3 is 1. The van der Waals surface area contributed by atoms with Crippen LogP contribution in [0.2, 0.25) is 0 Å². The highest BCUT2D eigenvalue weighted by atomic mass is 16.5. The van der Waals surface area contributed by atoms with E-state index in [1.165, 1.54) is 0 Å². The molecule has 0 spiro atoms. The lowest BCUT2D eigenvalue weighted by Gasteiger charge is -2.13. The van der Waals surface area contributed by atoms with E-state index in [1.807, 2.05) is 31.2 Å². The van der Waals surface area contributed by atoms with Gasteiger partial charge in [-0.05, 0) is 37.5 Å². The first kappa shape index (κ1) is 20.1. The monoisotopic (exact) mass is 386 g/mol. The van der Waals surface area contributed by atoms with Crippen molar-refractivity contribution in [2.24, 2.45) is 4.99 Å². The van der Waals surface area contributed by atoms with Crippen molar-refractivity contribution in [1.29, 1.82) is 0 Å². The molecule has 2 heterocycles. The summed E-state index contributed by atoms with van der Waals surface area (Å²) in [5.41, 5.74) is 1.12. The van der Waals surface area contributed by atoms with E-state index < -0.39 is 0 Å². The van der Waals surface area contributed by atoms with Gasteiger partial charge in [-0.3, -0.25) is 0 Å². The zero-order valence-electron chi connectivity index (χ0n) is 16.8. The summed E-state index contributed by atoms with van der Waals surface area (Å²) in [6.45, 7) is 6.48. The molecule has 0 unspecified atom stereocenters. The fourth-order valence-electron chi connectivity index (χ4n) is 3.11. The number of nitrogens with zero attached hydrogens (tertiary/aromatic N) is 4. The molecule has 0 atom stereocenters. The van der Waals surface area contributed by atoms with Crippen LogP contribution < -0.4 is 15.4 Å². The molecule has 8 heteroatoms. The van der Waals surface area contributed by atoms with Gasteiger partial charge < -0.3 is 24.7 Å². The molecule has 28 heavy (non-hydrogen) atoms. The summed E-state index contributed by atoms with van der Waals surface area (Å²) in [5, 5.41) is 15.3. The number of fused-ring (bicyclic) bond motifs is 1. The third-order valence-electron chi connectivity index (χ3n) is 4.64. The van der Waals surface area contributed by atoms with Gasteiger partial charge in [0, 0.05) is 32.7 Å². The molecule has 152 valence electrons. The van der Waals surface area contributed by atoms with Crippen molar-refractivity contribution in [2.75, 3.05) is 26.9 Å². The summed E-state index contributed by atoms with van der Waals surface area (Å²) in [7, 11) is 1.67. The van der Waals surface area contributed by atoms with Crippen LogP contribution in [-0.2, 0) is 30.8 Å². The number of aliphatic imine (C=N–C) groups is 1. The zero-order chi connectivity index (χ0) is 19.6. The smallest absolute Gasteiger partial charge is 0.191 e. The number of ether oxygens (including phenoxy) is 2. The van der Waals surface area contributed by atoms with E-state index in [2.05, 4.69) is 25.4 Å². The van der Waals surface area contributed by atoms with Crippen molar-refractivity contribution >= 4 is 5.96 Å². The summed E-state index contributed by atoms with van der Waals surface area (Å²) in [4.78, 5) is 4.72. The molecule has 0 saturated carbocycles. The average molecular weight is 387 g/mol. The molecule has 1 aromatic carbocycles. The Morgan fingerprint density at radius 1 is 1.21 bits per heavy atom. The number of guanidine groups is 1. The van der Waals surface area contributed by atoms with Crippen LogP contribution in [0.15, 0.2) is 29.3 Å². The zero-order valence-corrected chi connectivity index (χ0v) is 16.8. The summed E-state index contributed by atoms with van der Waals surface area (Å²) < 4.78 is 12.8. The molecule has 1 aromatic heterocycles. The molecule has 3 rings (SSSR count). The van der Waals surface area contributed by atoms with E-state index in [0.29, 0.717) is 13.1 Å². The first-order valence-electron chi connectivity index (χ1n) is 9.94. The van der Waals surface area contributed by atoms with Gasteiger partial charge in [0.05, 0.1) is 20.2 Å². The van der Waals surface area contributed by atoms with Crippen LogP contribution >= 0.6 is 0 Å². The molecule has 0 amide bonds. The topological polar surface area (TPSA) is 85.6 Å². The number of hydrogen-bond acceptors (Lipinski definition) is 5. The van der Waals surface area contributed by atoms with Crippen LogP contribution in [0.25, 0.3) is 0 Å². The standard InChI is InChI=1S/C20H30N6O2/c1-3-28-13-5-11-21-20(22-14-16-7-9-17(27-2)10-8-16)23-15-19-25-24-18-6-4-12-26(18)19/h7-10H,3-6,11-15H2,1-2H3,(H2,21,22,23). The average Bonchev–Trinajstić information content (AvgIpc) is 3.34. The van der Waals surface area contributed by atoms with E-state index in [4.69, 9.17) is 14.5 Å². The van der Waals surface area contributed by atoms with E-state index in [0.717, 1.165) is 74.5 Å². The third kappa shape index (κ3) is 5.69. The Balaban J connectivity index is 1.57. The van der Waals surface area contributed by atoms with E-state index in [1.54, 1.807) is 7.11 Å². The molecule has 0 bridgehead atoms. The van der Waals surface area contributed by atoms with Crippen LogP contribution in [0, 0.1) is 0 Å². The van der Waals surface area contributed by atoms with Crippen molar-refractivity contribution in [1.82, 2.24) is 25.4 Å². The van der Waals surface area contributed by atoms with Gasteiger partial charge in [-0.25, -0.2) is 4.99 Å². The Kier molecular flexibility index (Phi) is 7.66. The van der Waals surface area contributed by atoms with Crippen molar-refractivity contribution < 1.29 is 9.47 Å². The van der Waals surface area contributed by atoms with Gasteiger partial charge in [-0.15, -0.1) is 10.2 Å². The maximum absolute atomic E-state index is 5.40. The molecule has 0 fully saturated rings. The van der Waals surface area contributed by atoms with E-state index >= 15 is 0 Å². The molecule has 0 saturated heterocycles. The van der Waals surface area contributed by atoms with Crippen molar-refractivity contribution in [3.8, 4) is 5.75 Å². The minimum absolute atomic E-state index is 0.586. The lowest BCUT2D eigenvalue weighted by molar-refractivity contribution is 0.145. The van der Waals surface area contributed by atoms with Gasteiger partial charge in [0.2, 0.25) is 0 Å². The van der Waals surface area contributed by atoms with E-state index in [9.17, 15) is 0 Å². The molecule has 1 aliphatic rings. The summed E-state index contributed by atoms with van der Waals surface area (Å²) >= 11 is 0. The molecular weight excluding hydrogens is 356 g/mol. The number of aryl methyl sites for hydroxylation is 1. The molecule has 2 aromatic rings. The van der Waals surface area contributed by atoms with Gasteiger partial charge >= 0.3 is 0 Å². The van der Waals surface area contributed by atoms with Crippen LogP contribution in [0.3, 0.4) is 0 Å². The first-order chi connectivity index (χ1) is 13.8. The minimum Gasteiger partial charge on any atom is -0.497 e. The fourth-order valence-corrected chi connectivity index (χ4v) is 3.11. The second-order valence-corrected chi connectivity index (χ2v) is 6.63. The predicted octanol–water partition coefficient (Wildman–Crippen LogP) is 1.89. The minimum atomic E-state index is 0.586.